The summed E-state index contributed by atoms with van der Waals surface area (Å²) in [7, 11) is 1.75. The number of nitrogens with zero attached hydrogens (tertiary/aromatic N) is 1. The molecule has 100 valence electrons. The molecule has 0 radical (unpaired) electrons. The Morgan fingerprint density at radius 3 is 3.00 bits per heavy atom. The summed E-state index contributed by atoms with van der Waals surface area (Å²) in [5.74, 6) is 1.71. The van der Waals surface area contributed by atoms with E-state index >= 15 is 0 Å². The number of hydrogen-bond donors (Lipinski definition) is 1. The Hall–Kier alpha value is -1.22. The summed E-state index contributed by atoms with van der Waals surface area (Å²) < 4.78 is 5.48. The van der Waals surface area contributed by atoms with Gasteiger partial charge >= 0.3 is 0 Å². The lowest BCUT2D eigenvalue weighted by molar-refractivity contribution is 0.384. The minimum Gasteiger partial charge on any atom is -0.495 e. The molecule has 0 spiro atoms. The minimum absolute atomic E-state index is 0.731. The summed E-state index contributed by atoms with van der Waals surface area (Å²) in [6.07, 6.45) is 3.69. The molecule has 1 unspecified atom stereocenters. The minimum atomic E-state index is 0.731. The van der Waals surface area contributed by atoms with Gasteiger partial charge in [-0.2, -0.15) is 0 Å². The van der Waals surface area contributed by atoms with Crippen molar-refractivity contribution in [2.75, 3.05) is 31.6 Å². The van der Waals surface area contributed by atoms with Gasteiger partial charge in [-0.3, -0.25) is 0 Å². The average Bonchev–Trinajstić information content (AvgIpc) is 2.39. The molecule has 2 rings (SSSR count). The van der Waals surface area contributed by atoms with Crippen LogP contribution in [0.15, 0.2) is 18.2 Å². The quantitative estimate of drug-likeness (QED) is 0.890. The van der Waals surface area contributed by atoms with Crippen LogP contribution in [-0.2, 0) is 0 Å². The van der Waals surface area contributed by atoms with E-state index in [1.807, 2.05) is 0 Å². The van der Waals surface area contributed by atoms with E-state index in [-0.39, 0.29) is 0 Å². The Morgan fingerprint density at radius 2 is 2.28 bits per heavy atom. The van der Waals surface area contributed by atoms with Gasteiger partial charge in [0.1, 0.15) is 5.75 Å². The second kappa shape index (κ2) is 6.10. The fraction of sp³-hybridized carbons (Fsp3) is 0.600. The van der Waals surface area contributed by atoms with E-state index < -0.39 is 0 Å². The van der Waals surface area contributed by atoms with Gasteiger partial charge in [-0.05, 0) is 56.3 Å². The summed E-state index contributed by atoms with van der Waals surface area (Å²) in [5, 5.41) is 0. The first kappa shape index (κ1) is 13.2. The Labute approximate surface area is 110 Å². The summed E-state index contributed by atoms with van der Waals surface area (Å²) in [5.41, 5.74) is 8.20. The first-order valence-corrected chi connectivity index (χ1v) is 6.84. The molecule has 0 amide bonds. The molecule has 2 N–H and O–H groups in total. The topological polar surface area (TPSA) is 38.5 Å². The summed E-state index contributed by atoms with van der Waals surface area (Å²) in [4.78, 5) is 2.45. The van der Waals surface area contributed by atoms with Gasteiger partial charge in [0.15, 0.2) is 0 Å². The lowest BCUT2D eigenvalue weighted by Gasteiger charge is -2.35. The standard InChI is InChI=1S/C15H24N2O/c1-12-5-6-15(18-2)14(10-12)17-9-3-4-13(11-17)7-8-16/h5-6,10,13H,3-4,7-9,11,16H2,1-2H3. The molecule has 1 fully saturated rings. The Morgan fingerprint density at radius 1 is 1.44 bits per heavy atom. The third-order valence-corrected chi connectivity index (χ3v) is 3.77. The predicted octanol–water partition coefficient (Wildman–Crippen LogP) is 2.57. The summed E-state index contributed by atoms with van der Waals surface area (Å²) in [6.45, 7) is 5.16. The molecular formula is C15H24N2O. The maximum absolute atomic E-state index is 5.68. The molecule has 1 aromatic rings. The van der Waals surface area contributed by atoms with Gasteiger partial charge in [-0.25, -0.2) is 0 Å². The molecule has 1 aliphatic rings. The lowest BCUT2D eigenvalue weighted by atomic mass is 9.94. The first-order valence-electron chi connectivity index (χ1n) is 6.84. The van der Waals surface area contributed by atoms with Crippen molar-refractivity contribution in [3.63, 3.8) is 0 Å². The number of ether oxygens (including phenoxy) is 1. The Bertz CT molecular complexity index is 390. The first-order chi connectivity index (χ1) is 8.74. The van der Waals surface area contributed by atoms with Gasteiger partial charge < -0.3 is 15.4 Å². The van der Waals surface area contributed by atoms with Crippen LogP contribution in [0.2, 0.25) is 0 Å². The smallest absolute Gasteiger partial charge is 0.142 e. The number of rotatable bonds is 4. The number of methoxy groups -OCH3 is 1. The van der Waals surface area contributed by atoms with Crippen LogP contribution >= 0.6 is 0 Å². The van der Waals surface area contributed by atoms with Gasteiger partial charge in [0.2, 0.25) is 0 Å². The number of hydrogen-bond acceptors (Lipinski definition) is 3. The normalized spacial score (nSPS) is 19.9. The van der Waals surface area contributed by atoms with Gasteiger partial charge in [-0.1, -0.05) is 6.07 Å². The molecule has 1 aromatic carbocycles. The predicted molar refractivity (Wildman–Crippen MR) is 76.3 cm³/mol. The van der Waals surface area contributed by atoms with Crippen molar-refractivity contribution in [2.24, 2.45) is 11.7 Å². The Balaban J connectivity index is 2.17. The van der Waals surface area contributed by atoms with Gasteiger partial charge in [-0.15, -0.1) is 0 Å². The highest BCUT2D eigenvalue weighted by Crippen LogP contribution is 2.33. The maximum atomic E-state index is 5.68. The van der Waals surface area contributed by atoms with Crippen molar-refractivity contribution < 1.29 is 4.74 Å². The lowest BCUT2D eigenvalue weighted by Crippen LogP contribution is -2.36. The number of benzene rings is 1. The van der Waals surface area contributed by atoms with Crippen molar-refractivity contribution >= 4 is 5.69 Å². The van der Waals surface area contributed by atoms with E-state index in [1.165, 1.54) is 24.1 Å². The van der Waals surface area contributed by atoms with Crippen LogP contribution in [-0.4, -0.2) is 26.7 Å². The average molecular weight is 248 g/mol. The van der Waals surface area contributed by atoms with Crippen LogP contribution in [0.4, 0.5) is 5.69 Å². The zero-order valence-corrected chi connectivity index (χ0v) is 11.5. The van der Waals surface area contributed by atoms with E-state index in [0.29, 0.717) is 0 Å². The van der Waals surface area contributed by atoms with Crippen LogP contribution < -0.4 is 15.4 Å². The third kappa shape index (κ3) is 2.96. The molecule has 0 saturated carbocycles. The molecular weight excluding hydrogens is 224 g/mol. The third-order valence-electron chi connectivity index (χ3n) is 3.77. The SMILES string of the molecule is COc1ccc(C)cc1N1CCCC(CCN)C1. The highest BCUT2D eigenvalue weighted by atomic mass is 16.5. The van der Waals surface area contributed by atoms with Crippen molar-refractivity contribution in [2.45, 2.75) is 26.2 Å². The van der Waals surface area contributed by atoms with Crippen LogP contribution in [0.1, 0.15) is 24.8 Å². The molecule has 3 nitrogen and oxygen atoms in total. The van der Waals surface area contributed by atoms with E-state index in [0.717, 1.165) is 37.7 Å². The van der Waals surface area contributed by atoms with Crippen LogP contribution in [0, 0.1) is 12.8 Å². The number of anilines is 1. The summed E-state index contributed by atoms with van der Waals surface area (Å²) in [6, 6.07) is 6.39. The Kier molecular flexibility index (Phi) is 4.48. The van der Waals surface area contributed by atoms with Gasteiger partial charge in [0.25, 0.3) is 0 Å². The largest absolute Gasteiger partial charge is 0.495 e. The van der Waals surface area contributed by atoms with Crippen molar-refractivity contribution in [1.82, 2.24) is 0 Å². The molecule has 0 bridgehead atoms. The fourth-order valence-electron chi connectivity index (χ4n) is 2.80. The van der Waals surface area contributed by atoms with E-state index in [4.69, 9.17) is 10.5 Å². The molecule has 1 heterocycles. The molecule has 1 aliphatic heterocycles. The van der Waals surface area contributed by atoms with Crippen LogP contribution in [0.5, 0.6) is 5.75 Å². The number of piperidine rings is 1. The zero-order valence-electron chi connectivity index (χ0n) is 11.5. The van der Waals surface area contributed by atoms with E-state index in [2.05, 4.69) is 30.0 Å². The molecule has 3 heteroatoms. The highest BCUT2D eigenvalue weighted by Gasteiger charge is 2.21. The van der Waals surface area contributed by atoms with Gasteiger partial charge in [0.05, 0.1) is 12.8 Å². The van der Waals surface area contributed by atoms with Crippen LogP contribution in [0.25, 0.3) is 0 Å². The molecule has 18 heavy (non-hydrogen) atoms. The van der Waals surface area contributed by atoms with E-state index in [9.17, 15) is 0 Å². The molecule has 1 saturated heterocycles. The van der Waals surface area contributed by atoms with Gasteiger partial charge in [0, 0.05) is 13.1 Å². The zero-order chi connectivity index (χ0) is 13.0. The second-order valence-corrected chi connectivity index (χ2v) is 5.21. The molecule has 0 aliphatic carbocycles. The van der Waals surface area contributed by atoms with E-state index in [1.54, 1.807) is 7.11 Å². The highest BCUT2D eigenvalue weighted by molar-refractivity contribution is 5.60. The summed E-state index contributed by atoms with van der Waals surface area (Å²) >= 11 is 0. The second-order valence-electron chi connectivity index (χ2n) is 5.21. The molecule has 1 atom stereocenters. The maximum Gasteiger partial charge on any atom is 0.142 e. The van der Waals surface area contributed by atoms with Crippen molar-refractivity contribution in [3.05, 3.63) is 23.8 Å². The van der Waals surface area contributed by atoms with Crippen molar-refractivity contribution in [1.29, 1.82) is 0 Å². The van der Waals surface area contributed by atoms with Crippen molar-refractivity contribution in [3.8, 4) is 5.75 Å². The number of aryl methyl sites for hydroxylation is 1. The van der Waals surface area contributed by atoms with Crippen LogP contribution in [0.3, 0.4) is 0 Å². The fourth-order valence-corrected chi connectivity index (χ4v) is 2.80. The number of nitrogens with two attached hydrogens (primary N) is 1. The monoisotopic (exact) mass is 248 g/mol. The molecule has 0 aromatic heterocycles.